The first-order chi connectivity index (χ1) is 19.8. The van der Waals surface area contributed by atoms with Gasteiger partial charge in [0.1, 0.15) is 5.75 Å². The van der Waals surface area contributed by atoms with Crippen molar-refractivity contribution in [2.75, 3.05) is 7.11 Å². The van der Waals surface area contributed by atoms with Crippen molar-refractivity contribution < 1.29 is 22.7 Å². The molecule has 0 bridgehead atoms. The second-order valence-electron chi connectivity index (χ2n) is 10.7. The number of ether oxygens (including phenoxy) is 1. The van der Waals surface area contributed by atoms with Crippen LogP contribution in [0.2, 0.25) is 0 Å². The molecule has 208 valence electrons. The summed E-state index contributed by atoms with van der Waals surface area (Å²) >= 11 is 0. The zero-order chi connectivity index (χ0) is 28.6. The van der Waals surface area contributed by atoms with Crippen LogP contribution in [0.3, 0.4) is 0 Å². The van der Waals surface area contributed by atoms with E-state index in [1.807, 2.05) is 65.6 Å². The van der Waals surface area contributed by atoms with Gasteiger partial charge >= 0.3 is 6.18 Å². The van der Waals surface area contributed by atoms with Crippen molar-refractivity contribution in [1.29, 1.82) is 0 Å². The topological polar surface area (TPSA) is 29.5 Å². The lowest BCUT2D eigenvalue weighted by Crippen LogP contribution is -2.31. The highest BCUT2D eigenvalue weighted by Crippen LogP contribution is 2.52. The summed E-state index contributed by atoms with van der Waals surface area (Å²) < 4.78 is 45.3. The van der Waals surface area contributed by atoms with Gasteiger partial charge in [-0.2, -0.15) is 13.2 Å². The maximum Gasteiger partial charge on any atom is 0.416 e. The smallest absolute Gasteiger partial charge is 0.416 e. The molecular weight excluding hydrogens is 523 g/mol. The van der Waals surface area contributed by atoms with Crippen LogP contribution >= 0.6 is 0 Å². The molecule has 1 aliphatic carbocycles. The molecule has 1 fully saturated rings. The van der Waals surface area contributed by atoms with Gasteiger partial charge in [-0.1, -0.05) is 91.0 Å². The van der Waals surface area contributed by atoms with E-state index in [2.05, 4.69) is 30.4 Å². The molecule has 0 aromatic heterocycles. The second-order valence-corrected chi connectivity index (χ2v) is 10.7. The first-order valence-electron chi connectivity index (χ1n) is 13.8. The fourth-order valence-corrected chi connectivity index (χ4v) is 6.40. The molecule has 0 radical (unpaired) electrons. The number of likely N-dealkylation sites (tertiary alicyclic amines) is 1. The van der Waals surface area contributed by atoms with Crippen LogP contribution in [0.5, 0.6) is 5.75 Å². The van der Waals surface area contributed by atoms with Gasteiger partial charge in [0.25, 0.3) is 0 Å². The lowest BCUT2D eigenvalue weighted by Gasteiger charge is -2.31. The Labute approximate surface area is 237 Å². The van der Waals surface area contributed by atoms with Crippen LogP contribution < -0.4 is 4.74 Å². The third kappa shape index (κ3) is 5.26. The van der Waals surface area contributed by atoms with E-state index in [0.717, 1.165) is 46.6 Å². The van der Waals surface area contributed by atoms with Gasteiger partial charge in [0.15, 0.2) is 0 Å². The minimum Gasteiger partial charge on any atom is -0.497 e. The van der Waals surface area contributed by atoms with Crippen molar-refractivity contribution in [1.82, 2.24) is 4.90 Å². The summed E-state index contributed by atoms with van der Waals surface area (Å²) in [6.45, 7) is 0.394. The molecule has 6 heteroatoms. The fraction of sp³-hybridized carbons (Fsp3) is 0.229. The molecule has 41 heavy (non-hydrogen) atoms. The summed E-state index contributed by atoms with van der Waals surface area (Å²) in [7, 11) is 1.64. The molecule has 0 spiro atoms. The molecule has 1 saturated heterocycles. The van der Waals surface area contributed by atoms with Crippen molar-refractivity contribution in [3.63, 3.8) is 0 Å². The maximum atomic E-state index is 14.3. The van der Waals surface area contributed by atoms with E-state index in [1.165, 1.54) is 12.1 Å². The van der Waals surface area contributed by atoms with E-state index in [1.54, 1.807) is 7.11 Å². The van der Waals surface area contributed by atoms with Crippen LogP contribution in [0, 0.1) is 11.8 Å². The molecule has 1 heterocycles. The summed E-state index contributed by atoms with van der Waals surface area (Å²) in [5.41, 5.74) is 4.21. The van der Waals surface area contributed by atoms with Crippen LogP contribution in [-0.2, 0) is 17.5 Å². The van der Waals surface area contributed by atoms with Crippen LogP contribution in [0.1, 0.15) is 40.6 Å². The molecule has 0 saturated carbocycles. The average Bonchev–Trinajstić information content (AvgIpc) is 3.28. The first-order valence-corrected chi connectivity index (χ1v) is 13.8. The Kier molecular flexibility index (Phi) is 7.16. The van der Waals surface area contributed by atoms with Gasteiger partial charge in [0, 0.05) is 12.5 Å². The van der Waals surface area contributed by atoms with Gasteiger partial charge in [-0.25, -0.2) is 0 Å². The Morgan fingerprint density at radius 1 is 0.829 bits per heavy atom. The number of amides is 1. The van der Waals surface area contributed by atoms with Gasteiger partial charge in [-0.05, 0) is 64.4 Å². The van der Waals surface area contributed by atoms with Crippen molar-refractivity contribution in [3.8, 4) is 16.9 Å². The minimum absolute atomic E-state index is 0.0351. The predicted octanol–water partition coefficient (Wildman–Crippen LogP) is 8.44. The first kappa shape index (κ1) is 26.9. The number of methoxy groups -OCH3 is 1. The molecule has 4 atom stereocenters. The molecule has 6 rings (SSSR count). The number of benzene rings is 4. The number of halogens is 3. The largest absolute Gasteiger partial charge is 0.497 e. The number of hydrogen-bond donors (Lipinski definition) is 0. The zero-order valence-electron chi connectivity index (χ0n) is 22.6. The SMILES string of the molecule is COc1ccc(-c2cccc([C@H]3CC=C[C@@H]4[C@@H]3C(=O)N(Cc3ccccc3)[C@H]4c3ccc(C(F)(F)F)cc3)c2)cc1. The number of fused-ring (bicyclic) bond motifs is 1. The van der Waals surface area contributed by atoms with E-state index in [-0.39, 0.29) is 29.7 Å². The van der Waals surface area contributed by atoms with E-state index in [0.29, 0.717) is 12.1 Å². The van der Waals surface area contributed by atoms with Crippen molar-refractivity contribution >= 4 is 5.91 Å². The third-order valence-electron chi connectivity index (χ3n) is 8.38. The number of nitrogens with zero attached hydrogens (tertiary/aromatic N) is 1. The molecule has 4 aromatic carbocycles. The minimum atomic E-state index is -4.42. The van der Waals surface area contributed by atoms with Gasteiger partial charge in [0.2, 0.25) is 5.91 Å². The van der Waals surface area contributed by atoms with Crippen molar-refractivity contribution in [2.45, 2.75) is 31.1 Å². The Morgan fingerprint density at radius 2 is 1.56 bits per heavy atom. The summed E-state index contributed by atoms with van der Waals surface area (Å²) in [5, 5.41) is 0. The van der Waals surface area contributed by atoms with Crippen molar-refractivity contribution in [3.05, 3.63) is 138 Å². The molecule has 2 aliphatic rings. The third-order valence-corrected chi connectivity index (χ3v) is 8.38. The Bertz CT molecular complexity index is 1550. The van der Waals surface area contributed by atoms with Crippen LogP contribution in [-0.4, -0.2) is 17.9 Å². The molecule has 3 nitrogen and oxygen atoms in total. The highest BCUT2D eigenvalue weighted by atomic mass is 19.4. The predicted molar refractivity (Wildman–Crippen MR) is 153 cm³/mol. The fourth-order valence-electron chi connectivity index (χ4n) is 6.40. The van der Waals surface area contributed by atoms with Crippen LogP contribution in [0.4, 0.5) is 13.2 Å². The Morgan fingerprint density at radius 3 is 2.24 bits per heavy atom. The summed E-state index contributed by atoms with van der Waals surface area (Å²) in [4.78, 5) is 16.1. The number of alkyl halides is 3. The van der Waals surface area contributed by atoms with E-state index >= 15 is 0 Å². The zero-order valence-corrected chi connectivity index (χ0v) is 22.6. The van der Waals surface area contributed by atoms with Crippen molar-refractivity contribution in [2.24, 2.45) is 11.8 Å². The van der Waals surface area contributed by atoms with Gasteiger partial charge in [0.05, 0.1) is 24.6 Å². The van der Waals surface area contributed by atoms with Crippen LogP contribution in [0.25, 0.3) is 11.1 Å². The van der Waals surface area contributed by atoms with Gasteiger partial charge in [-0.3, -0.25) is 4.79 Å². The molecule has 0 N–H and O–H groups in total. The molecule has 1 aliphatic heterocycles. The van der Waals surface area contributed by atoms with E-state index in [9.17, 15) is 18.0 Å². The highest BCUT2D eigenvalue weighted by Gasteiger charge is 2.51. The standard InChI is InChI=1S/C35H30F3NO2/c1-41-29-19-15-24(16-20-29)26-9-5-10-27(21-26)30-11-6-12-31-32(30)34(40)39(22-23-7-3-2-4-8-23)33(31)25-13-17-28(18-14-25)35(36,37)38/h2-10,12-21,30-33H,11,22H2,1H3/t30-,31-,32-,33+/m1/s1. The molecule has 1 amide bonds. The molecule has 0 unspecified atom stereocenters. The Hall–Kier alpha value is -4.32. The van der Waals surface area contributed by atoms with E-state index < -0.39 is 11.7 Å². The summed E-state index contributed by atoms with van der Waals surface area (Å²) in [6, 6.07) is 30.9. The molecule has 4 aromatic rings. The van der Waals surface area contributed by atoms with Gasteiger partial charge < -0.3 is 9.64 Å². The van der Waals surface area contributed by atoms with Gasteiger partial charge in [-0.15, -0.1) is 0 Å². The Balaban J connectivity index is 1.37. The summed E-state index contributed by atoms with van der Waals surface area (Å²) in [6.07, 6.45) is 0.529. The lowest BCUT2D eigenvalue weighted by molar-refractivity contribution is -0.137. The number of rotatable bonds is 6. The van der Waals surface area contributed by atoms with E-state index in [4.69, 9.17) is 4.74 Å². The number of hydrogen-bond acceptors (Lipinski definition) is 2. The lowest BCUT2D eigenvalue weighted by atomic mass is 9.71. The number of allylic oxidation sites excluding steroid dienone is 1. The number of carbonyl (C=O) groups excluding carboxylic acids is 1. The number of carbonyl (C=O) groups is 1. The normalized spacial score (nSPS) is 22.0. The quantitative estimate of drug-likeness (QED) is 0.224. The monoisotopic (exact) mass is 553 g/mol. The summed E-state index contributed by atoms with van der Waals surface area (Å²) in [5.74, 6) is 0.296. The van der Waals surface area contributed by atoms with Crippen LogP contribution in [0.15, 0.2) is 115 Å². The second kappa shape index (κ2) is 10.9. The maximum absolute atomic E-state index is 14.3. The highest BCUT2D eigenvalue weighted by molar-refractivity contribution is 5.84. The molecular formula is C35H30F3NO2. The average molecular weight is 554 g/mol.